The average molecular weight is 556 g/mol. The summed E-state index contributed by atoms with van der Waals surface area (Å²) < 4.78 is 54.3. The number of ether oxygens (including phenoxy) is 4. The van der Waals surface area contributed by atoms with Gasteiger partial charge in [-0.3, -0.25) is 4.57 Å². The van der Waals surface area contributed by atoms with Crippen LogP contribution in [0.15, 0.2) is 30.3 Å². The van der Waals surface area contributed by atoms with Gasteiger partial charge >= 0.3 is 0 Å². The number of anilines is 1. The summed E-state index contributed by atoms with van der Waals surface area (Å²) in [6, 6.07) is 8.75. The highest BCUT2D eigenvalue weighted by Gasteiger charge is 2.54. The fourth-order valence-corrected chi connectivity index (χ4v) is 6.69. The number of aromatic nitrogens is 4. The highest BCUT2D eigenvalue weighted by Crippen LogP contribution is 2.53. The van der Waals surface area contributed by atoms with Crippen LogP contribution in [-0.4, -0.2) is 70.9 Å². The molecule has 4 heterocycles. The molecule has 2 aromatic heterocycles. The molecule has 3 atom stereocenters. The van der Waals surface area contributed by atoms with E-state index in [4.69, 9.17) is 28.9 Å². The van der Waals surface area contributed by atoms with Crippen molar-refractivity contribution in [2.24, 2.45) is 17.3 Å². The number of rotatable bonds is 5. The molecule has 2 aliphatic carbocycles. The standard InChI is InChI=1S/C29H35F2N5O4/c1-28(2)16-38-29(39-17-28)14-18-11-20(12-19(18)15-29)40-24-13-23(33-27(34-24)35-7-9-37-10-8-35)36-22-6-4-3-5-21(22)32-26(36)25(30)31/h3-6,13,18-20,25H,7-12,14-17H2,1-2H3/t18-,19+,20?. The first-order chi connectivity index (χ1) is 19.3. The Bertz CT molecular complexity index is 1370. The van der Waals surface area contributed by atoms with Gasteiger partial charge < -0.3 is 23.8 Å². The van der Waals surface area contributed by atoms with Gasteiger partial charge in [-0.1, -0.05) is 26.0 Å². The number of fused-ring (bicyclic) bond motifs is 2. The van der Waals surface area contributed by atoms with E-state index in [1.54, 1.807) is 24.3 Å². The Morgan fingerprint density at radius 2 is 1.68 bits per heavy atom. The summed E-state index contributed by atoms with van der Waals surface area (Å²) >= 11 is 0. The maximum absolute atomic E-state index is 14.2. The number of nitrogens with zero attached hydrogens (tertiary/aromatic N) is 5. The fourth-order valence-electron chi connectivity index (χ4n) is 6.69. The molecular weight excluding hydrogens is 520 g/mol. The lowest BCUT2D eigenvalue weighted by Gasteiger charge is -2.42. The lowest BCUT2D eigenvalue weighted by molar-refractivity contribution is -0.297. The summed E-state index contributed by atoms with van der Waals surface area (Å²) in [5.74, 6) is 1.24. The van der Waals surface area contributed by atoms with E-state index in [0.717, 1.165) is 25.7 Å². The van der Waals surface area contributed by atoms with Crippen LogP contribution in [0.4, 0.5) is 14.7 Å². The third-order valence-corrected chi connectivity index (χ3v) is 8.67. The van der Waals surface area contributed by atoms with Gasteiger partial charge in [-0.15, -0.1) is 0 Å². The molecule has 214 valence electrons. The van der Waals surface area contributed by atoms with Gasteiger partial charge in [0.2, 0.25) is 11.8 Å². The van der Waals surface area contributed by atoms with Crippen LogP contribution in [0.3, 0.4) is 0 Å². The Hall–Kier alpha value is -2.89. The van der Waals surface area contributed by atoms with Crippen molar-refractivity contribution < 1.29 is 27.7 Å². The molecule has 2 aliphatic heterocycles. The van der Waals surface area contributed by atoms with Crippen LogP contribution in [0.2, 0.25) is 0 Å². The zero-order valence-electron chi connectivity index (χ0n) is 22.9. The van der Waals surface area contributed by atoms with Gasteiger partial charge in [0.1, 0.15) is 11.9 Å². The topological polar surface area (TPSA) is 83.8 Å². The molecule has 0 radical (unpaired) electrons. The Labute approximate surface area is 231 Å². The number of morpholine rings is 1. The van der Waals surface area contributed by atoms with E-state index in [-0.39, 0.29) is 17.3 Å². The molecule has 4 aliphatic rings. The van der Waals surface area contributed by atoms with Crippen molar-refractivity contribution in [3.63, 3.8) is 0 Å². The van der Waals surface area contributed by atoms with Crippen molar-refractivity contribution in [2.75, 3.05) is 44.4 Å². The fraction of sp³-hybridized carbons (Fsp3) is 0.621. The van der Waals surface area contributed by atoms with E-state index < -0.39 is 12.2 Å². The molecule has 1 spiro atoms. The minimum atomic E-state index is -2.77. The van der Waals surface area contributed by atoms with Crippen molar-refractivity contribution in [1.29, 1.82) is 0 Å². The zero-order valence-corrected chi connectivity index (χ0v) is 22.9. The predicted octanol–water partition coefficient (Wildman–Crippen LogP) is 4.93. The van der Waals surface area contributed by atoms with Crippen molar-refractivity contribution in [1.82, 2.24) is 19.5 Å². The van der Waals surface area contributed by atoms with E-state index >= 15 is 0 Å². The molecule has 1 aromatic carbocycles. The van der Waals surface area contributed by atoms with Crippen LogP contribution in [-0.2, 0) is 14.2 Å². The van der Waals surface area contributed by atoms with Gasteiger partial charge in [-0.05, 0) is 36.8 Å². The Morgan fingerprint density at radius 1 is 0.975 bits per heavy atom. The maximum Gasteiger partial charge on any atom is 0.296 e. The first kappa shape index (κ1) is 26.0. The molecule has 0 bridgehead atoms. The number of para-hydroxylation sites is 2. The number of alkyl halides is 2. The van der Waals surface area contributed by atoms with Gasteiger partial charge in [0.05, 0.1) is 37.5 Å². The second kappa shape index (κ2) is 9.88. The Morgan fingerprint density at radius 3 is 2.38 bits per heavy atom. The van der Waals surface area contributed by atoms with Crippen LogP contribution < -0.4 is 9.64 Å². The Kier molecular flexibility index (Phi) is 6.43. The summed E-state index contributed by atoms with van der Waals surface area (Å²) in [5, 5.41) is 0. The quantitative estimate of drug-likeness (QED) is 0.439. The molecule has 0 N–H and O–H groups in total. The van der Waals surface area contributed by atoms with Gasteiger partial charge in [0, 0.05) is 37.4 Å². The third kappa shape index (κ3) is 4.81. The molecule has 40 heavy (non-hydrogen) atoms. The van der Waals surface area contributed by atoms with Crippen LogP contribution in [0.1, 0.15) is 51.8 Å². The lowest BCUT2D eigenvalue weighted by Crippen LogP contribution is -2.46. The minimum absolute atomic E-state index is 0.0261. The molecule has 3 aromatic rings. The van der Waals surface area contributed by atoms with E-state index in [9.17, 15) is 8.78 Å². The summed E-state index contributed by atoms with van der Waals surface area (Å²) in [5.41, 5.74) is 1.09. The average Bonchev–Trinajstić information content (AvgIpc) is 3.61. The van der Waals surface area contributed by atoms with Gasteiger partial charge in [0.25, 0.3) is 6.43 Å². The van der Waals surface area contributed by atoms with Crippen LogP contribution in [0, 0.1) is 17.3 Å². The SMILES string of the molecule is CC1(C)COC2(C[C@H]3CC(Oc4cc(-n5c(C(F)F)nc6ccccc65)nc(N5CCOCC5)n4)C[C@H]3C2)OC1. The van der Waals surface area contributed by atoms with Crippen molar-refractivity contribution in [2.45, 2.75) is 57.8 Å². The van der Waals surface area contributed by atoms with E-state index in [0.29, 0.717) is 80.0 Å². The maximum atomic E-state index is 14.2. The second-order valence-corrected chi connectivity index (χ2v) is 12.4. The van der Waals surface area contributed by atoms with Gasteiger partial charge in [0.15, 0.2) is 11.6 Å². The highest BCUT2D eigenvalue weighted by molar-refractivity contribution is 5.78. The van der Waals surface area contributed by atoms with Crippen LogP contribution in [0.5, 0.6) is 5.88 Å². The predicted molar refractivity (Wildman–Crippen MR) is 143 cm³/mol. The molecule has 11 heteroatoms. The normalized spacial score (nSPS) is 27.5. The minimum Gasteiger partial charge on any atom is -0.474 e. The van der Waals surface area contributed by atoms with Crippen molar-refractivity contribution in [3.05, 3.63) is 36.2 Å². The molecule has 7 rings (SSSR count). The molecule has 4 fully saturated rings. The van der Waals surface area contributed by atoms with E-state index in [2.05, 4.69) is 18.8 Å². The van der Waals surface area contributed by atoms with Crippen LogP contribution >= 0.6 is 0 Å². The second-order valence-electron chi connectivity index (χ2n) is 12.4. The van der Waals surface area contributed by atoms with Gasteiger partial charge in [-0.25, -0.2) is 13.8 Å². The van der Waals surface area contributed by atoms with E-state index in [1.165, 1.54) is 4.57 Å². The highest BCUT2D eigenvalue weighted by atomic mass is 19.3. The first-order valence-corrected chi connectivity index (χ1v) is 14.2. The molecule has 2 saturated carbocycles. The molecule has 9 nitrogen and oxygen atoms in total. The van der Waals surface area contributed by atoms with E-state index in [1.807, 2.05) is 11.0 Å². The number of hydrogen-bond donors (Lipinski definition) is 0. The van der Waals surface area contributed by atoms with Crippen molar-refractivity contribution >= 4 is 17.0 Å². The smallest absolute Gasteiger partial charge is 0.296 e. The van der Waals surface area contributed by atoms with Gasteiger partial charge in [-0.2, -0.15) is 9.97 Å². The number of hydrogen-bond acceptors (Lipinski definition) is 8. The summed E-state index contributed by atoms with van der Waals surface area (Å²) in [7, 11) is 0. The largest absolute Gasteiger partial charge is 0.474 e. The molecule has 2 saturated heterocycles. The monoisotopic (exact) mass is 555 g/mol. The number of halogens is 2. The lowest BCUT2D eigenvalue weighted by atomic mass is 9.94. The zero-order chi connectivity index (χ0) is 27.5. The number of benzene rings is 1. The summed E-state index contributed by atoms with van der Waals surface area (Å²) in [6.07, 6.45) is 0.716. The first-order valence-electron chi connectivity index (χ1n) is 14.2. The molecule has 0 amide bonds. The van der Waals surface area contributed by atoms with Crippen LogP contribution in [0.25, 0.3) is 16.9 Å². The Balaban J connectivity index is 1.16. The summed E-state index contributed by atoms with van der Waals surface area (Å²) in [4.78, 5) is 15.7. The molecule has 1 unspecified atom stereocenters. The molecular formula is C29H35F2N5O4. The number of imidazole rings is 1. The third-order valence-electron chi connectivity index (χ3n) is 8.67. The van der Waals surface area contributed by atoms with Crippen molar-refractivity contribution in [3.8, 4) is 11.7 Å². The summed E-state index contributed by atoms with van der Waals surface area (Å²) in [6.45, 7) is 8.08.